The van der Waals surface area contributed by atoms with Crippen LogP contribution in [0.4, 0.5) is 4.39 Å². The van der Waals surface area contributed by atoms with E-state index in [4.69, 9.17) is 0 Å². The Morgan fingerprint density at radius 3 is 2.86 bits per heavy atom. The van der Waals surface area contributed by atoms with Crippen molar-refractivity contribution in [2.75, 3.05) is 0 Å². The molecule has 7 heteroatoms. The molecule has 2 heterocycles. The van der Waals surface area contributed by atoms with Gasteiger partial charge in [0.2, 0.25) is 0 Å². The topological polar surface area (TPSA) is 63.0 Å². The predicted molar refractivity (Wildman–Crippen MR) is 81.6 cm³/mol. The second-order valence-corrected chi connectivity index (χ2v) is 5.72. The number of aromatic nitrogens is 4. The summed E-state index contributed by atoms with van der Waals surface area (Å²) in [5.41, 5.74) is 1.46. The van der Waals surface area contributed by atoms with Gasteiger partial charge in [-0.1, -0.05) is 30.0 Å². The third-order valence-electron chi connectivity index (χ3n) is 3.22. The van der Waals surface area contributed by atoms with Crippen molar-refractivity contribution >= 4 is 28.4 Å². The molecule has 0 saturated heterocycles. The minimum Gasteiger partial charge on any atom is -0.246 e. The highest BCUT2D eigenvalue weighted by atomic mass is 32.2. The molecule has 0 aliphatic carbocycles. The van der Waals surface area contributed by atoms with Crippen LogP contribution in [-0.2, 0) is 0 Å². The van der Waals surface area contributed by atoms with Gasteiger partial charge in [-0.2, -0.15) is 0 Å². The molecule has 0 radical (unpaired) electrons. The first-order chi connectivity index (χ1) is 10.7. The Hall–Kier alpha value is -2.67. The molecule has 2 aromatic carbocycles. The zero-order valence-electron chi connectivity index (χ0n) is 11.2. The molecule has 2 aromatic heterocycles. The molecule has 0 spiro atoms. The van der Waals surface area contributed by atoms with Gasteiger partial charge in [0.25, 0.3) is 0 Å². The lowest BCUT2D eigenvalue weighted by molar-refractivity contribution is 0.624. The lowest BCUT2D eigenvalue weighted by atomic mass is 10.3. The molecule has 0 unspecified atom stereocenters. The van der Waals surface area contributed by atoms with Gasteiger partial charge in [0, 0.05) is 4.90 Å². The molecule has 0 bridgehead atoms. The number of aromatic amines is 1. The number of H-pyrrole nitrogens is 1. The van der Waals surface area contributed by atoms with Crippen LogP contribution in [0.3, 0.4) is 0 Å². The number of para-hydroxylation sites is 2. The van der Waals surface area contributed by atoms with Gasteiger partial charge in [0.1, 0.15) is 10.8 Å². The molecule has 0 atom stereocenters. The number of hydrogen-bond donors (Lipinski definition) is 1. The van der Waals surface area contributed by atoms with Gasteiger partial charge in [-0.25, -0.2) is 23.7 Å². The van der Waals surface area contributed by atoms with Gasteiger partial charge in [0.05, 0.1) is 11.0 Å². The van der Waals surface area contributed by atoms with Crippen molar-refractivity contribution in [1.29, 1.82) is 0 Å². The molecular formula is C15H9FN4OS. The van der Waals surface area contributed by atoms with Gasteiger partial charge < -0.3 is 0 Å². The van der Waals surface area contributed by atoms with Crippen LogP contribution in [0.1, 0.15) is 0 Å². The summed E-state index contributed by atoms with van der Waals surface area (Å²) in [7, 11) is 0. The number of halogens is 1. The highest BCUT2D eigenvalue weighted by Gasteiger charge is 2.13. The van der Waals surface area contributed by atoms with Crippen molar-refractivity contribution in [3.8, 4) is 0 Å². The van der Waals surface area contributed by atoms with E-state index in [9.17, 15) is 9.18 Å². The van der Waals surface area contributed by atoms with Gasteiger partial charge >= 0.3 is 5.69 Å². The summed E-state index contributed by atoms with van der Waals surface area (Å²) < 4.78 is 14.8. The second-order valence-electron chi connectivity index (χ2n) is 4.65. The van der Waals surface area contributed by atoms with E-state index in [-0.39, 0.29) is 11.5 Å². The molecule has 4 rings (SSSR count). The Balaban J connectivity index is 1.98. The largest absolute Gasteiger partial charge is 0.348 e. The second kappa shape index (κ2) is 4.96. The average molecular weight is 312 g/mol. The molecule has 4 aromatic rings. The van der Waals surface area contributed by atoms with Crippen LogP contribution >= 0.6 is 11.8 Å². The normalized spacial score (nSPS) is 11.3. The fourth-order valence-corrected chi connectivity index (χ4v) is 3.20. The quantitative estimate of drug-likeness (QED) is 0.618. The van der Waals surface area contributed by atoms with E-state index >= 15 is 0 Å². The zero-order chi connectivity index (χ0) is 15.1. The molecule has 1 N–H and O–H groups in total. The monoisotopic (exact) mass is 312 g/mol. The predicted octanol–water partition coefficient (Wildman–Crippen LogP) is 2.86. The summed E-state index contributed by atoms with van der Waals surface area (Å²) in [5.74, 6) is -0.318. The van der Waals surface area contributed by atoms with Crippen molar-refractivity contribution in [3.05, 3.63) is 64.8 Å². The van der Waals surface area contributed by atoms with Gasteiger partial charge in [0.15, 0.2) is 5.65 Å². The van der Waals surface area contributed by atoms with Crippen LogP contribution in [0.15, 0.2) is 63.2 Å². The van der Waals surface area contributed by atoms with Crippen molar-refractivity contribution in [3.63, 3.8) is 0 Å². The lowest BCUT2D eigenvalue weighted by Crippen LogP contribution is -2.10. The molecule has 0 fully saturated rings. The van der Waals surface area contributed by atoms with Crippen LogP contribution in [0.5, 0.6) is 0 Å². The Bertz CT molecular complexity index is 1060. The maximum Gasteiger partial charge on any atom is 0.348 e. The Kier molecular flexibility index (Phi) is 2.93. The Morgan fingerprint density at radius 1 is 1.14 bits per heavy atom. The first-order valence-electron chi connectivity index (χ1n) is 6.52. The van der Waals surface area contributed by atoms with E-state index in [1.807, 2.05) is 24.3 Å². The maximum atomic E-state index is 13.3. The smallest absolute Gasteiger partial charge is 0.246 e. The number of nitrogens with one attached hydrogen (secondary N) is 1. The lowest BCUT2D eigenvalue weighted by Gasteiger charge is -2.05. The molecule has 0 amide bonds. The molecular weight excluding hydrogens is 303 g/mol. The summed E-state index contributed by atoms with van der Waals surface area (Å²) >= 11 is 1.27. The minimum atomic E-state index is -0.324. The third kappa shape index (κ3) is 2.06. The van der Waals surface area contributed by atoms with Crippen LogP contribution < -0.4 is 5.69 Å². The van der Waals surface area contributed by atoms with Gasteiger partial charge in [-0.05, 0) is 30.3 Å². The van der Waals surface area contributed by atoms with Gasteiger partial charge in [-0.15, -0.1) is 5.10 Å². The number of fused-ring (bicyclic) bond motifs is 3. The van der Waals surface area contributed by atoms with E-state index < -0.39 is 0 Å². The number of benzene rings is 2. The SMILES string of the molecule is O=c1[nH]nc2c(Sc3cccc(F)c3)nc3ccccc3n12. The van der Waals surface area contributed by atoms with E-state index in [2.05, 4.69) is 15.2 Å². The van der Waals surface area contributed by atoms with Crippen LogP contribution in [0.2, 0.25) is 0 Å². The standard InChI is InChI=1S/C15H9FN4OS/c16-9-4-3-5-10(8-9)22-14-13-18-19-15(21)20(13)12-7-2-1-6-11(12)17-14/h1-8H,(H,19,21). The zero-order valence-corrected chi connectivity index (χ0v) is 12.0. The Labute approximate surface area is 127 Å². The molecule has 0 aliphatic heterocycles. The minimum absolute atomic E-state index is 0.318. The van der Waals surface area contributed by atoms with E-state index in [1.165, 1.54) is 28.3 Å². The molecule has 22 heavy (non-hydrogen) atoms. The van der Waals surface area contributed by atoms with Crippen molar-refractivity contribution < 1.29 is 4.39 Å². The third-order valence-corrected chi connectivity index (χ3v) is 4.18. The highest BCUT2D eigenvalue weighted by Crippen LogP contribution is 2.30. The van der Waals surface area contributed by atoms with Crippen molar-refractivity contribution in [1.82, 2.24) is 19.6 Å². The molecule has 0 saturated carbocycles. The first-order valence-corrected chi connectivity index (χ1v) is 7.33. The summed E-state index contributed by atoms with van der Waals surface area (Å²) in [6.45, 7) is 0. The fourth-order valence-electron chi connectivity index (χ4n) is 2.28. The van der Waals surface area contributed by atoms with E-state index in [1.54, 1.807) is 12.1 Å². The summed E-state index contributed by atoms with van der Waals surface area (Å²) in [6, 6.07) is 13.5. The van der Waals surface area contributed by atoms with E-state index in [0.29, 0.717) is 26.6 Å². The van der Waals surface area contributed by atoms with E-state index in [0.717, 1.165) is 0 Å². The van der Waals surface area contributed by atoms with Crippen molar-refractivity contribution in [2.45, 2.75) is 9.92 Å². The molecule has 108 valence electrons. The summed E-state index contributed by atoms with van der Waals surface area (Å²) in [6.07, 6.45) is 0. The van der Waals surface area contributed by atoms with Crippen molar-refractivity contribution in [2.24, 2.45) is 0 Å². The highest BCUT2D eigenvalue weighted by molar-refractivity contribution is 7.99. The number of nitrogens with zero attached hydrogens (tertiary/aromatic N) is 3. The summed E-state index contributed by atoms with van der Waals surface area (Å²) in [5, 5.41) is 7.02. The molecule has 0 aliphatic rings. The maximum absolute atomic E-state index is 13.3. The molecule has 5 nitrogen and oxygen atoms in total. The number of rotatable bonds is 2. The number of hydrogen-bond acceptors (Lipinski definition) is 4. The first kappa shape index (κ1) is 13.0. The fraction of sp³-hybridized carbons (Fsp3) is 0. The Morgan fingerprint density at radius 2 is 2.00 bits per heavy atom. The van der Waals surface area contributed by atoms with Crippen LogP contribution in [0.25, 0.3) is 16.7 Å². The summed E-state index contributed by atoms with van der Waals surface area (Å²) in [4.78, 5) is 17.2. The van der Waals surface area contributed by atoms with Crippen LogP contribution in [-0.4, -0.2) is 19.6 Å². The average Bonchev–Trinajstić information content (AvgIpc) is 2.90. The van der Waals surface area contributed by atoms with Crippen LogP contribution in [0, 0.1) is 5.82 Å². The van der Waals surface area contributed by atoms with Gasteiger partial charge in [-0.3, -0.25) is 0 Å².